The zero-order valence-corrected chi connectivity index (χ0v) is 13.9. The Morgan fingerprint density at radius 1 is 1.13 bits per heavy atom. The van der Waals surface area contributed by atoms with Gasteiger partial charge in [-0.3, -0.25) is 4.79 Å². The molecule has 0 N–H and O–H groups in total. The van der Waals surface area contributed by atoms with E-state index in [4.69, 9.17) is 44.3 Å². The van der Waals surface area contributed by atoms with E-state index < -0.39 is 6.10 Å². The van der Waals surface area contributed by atoms with Crippen LogP contribution >= 0.6 is 34.8 Å². The van der Waals surface area contributed by atoms with E-state index in [9.17, 15) is 4.79 Å². The number of benzene rings is 2. The number of aldehydes is 1. The standard InChI is InChI=1S/C16H10Cl3NO3/c17-9-2-4-14(12(19)5-9)22-8-16-20-13-6-10(18)1-3-11(13)15(7-21)23-16/h1-7,15H,8H2. The molecule has 23 heavy (non-hydrogen) atoms. The fourth-order valence-electron chi connectivity index (χ4n) is 2.12. The summed E-state index contributed by atoms with van der Waals surface area (Å²) >= 11 is 17.8. The van der Waals surface area contributed by atoms with Crippen LogP contribution in [0.5, 0.6) is 5.75 Å². The molecule has 0 saturated carbocycles. The van der Waals surface area contributed by atoms with Gasteiger partial charge in [-0.25, -0.2) is 4.99 Å². The van der Waals surface area contributed by atoms with Gasteiger partial charge in [0.05, 0.1) is 10.7 Å². The Balaban J connectivity index is 1.81. The molecule has 2 aromatic rings. The van der Waals surface area contributed by atoms with Crippen LogP contribution in [0.25, 0.3) is 0 Å². The highest BCUT2D eigenvalue weighted by molar-refractivity contribution is 6.35. The molecule has 0 bridgehead atoms. The van der Waals surface area contributed by atoms with Crippen LogP contribution in [0.2, 0.25) is 15.1 Å². The molecule has 0 fully saturated rings. The number of hydrogen-bond acceptors (Lipinski definition) is 4. The summed E-state index contributed by atoms with van der Waals surface area (Å²) in [5, 5.41) is 1.42. The van der Waals surface area contributed by atoms with Gasteiger partial charge >= 0.3 is 0 Å². The van der Waals surface area contributed by atoms with Gasteiger partial charge < -0.3 is 9.47 Å². The number of halogens is 3. The van der Waals surface area contributed by atoms with E-state index in [0.29, 0.717) is 38.4 Å². The second-order valence-electron chi connectivity index (χ2n) is 4.75. The summed E-state index contributed by atoms with van der Waals surface area (Å²) in [5.74, 6) is 0.713. The summed E-state index contributed by atoms with van der Waals surface area (Å²) in [4.78, 5) is 15.6. The Bertz CT molecular complexity index is 792. The van der Waals surface area contributed by atoms with Crippen LogP contribution in [-0.2, 0) is 9.53 Å². The normalized spacial score (nSPS) is 16.1. The number of ether oxygens (including phenoxy) is 2. The molecule has 7 heteroatoms. The largest absolute Gasteiger partial charge is 0.482 e. The fraction of sp³-hybridized carbons (Fsp3) is 0.125. The van der Waals surface area contributed by atoms with Gasteiger partial charge in [0.25, 0.3) is 0 Å². The van der Waals surface area contributed by atoms with Crippen molar-refractivity contribution < 1.29 is 14.3 Å². The van der Waals surface area contributed by atoms with Crippen molar-refractivity contribution in [2.75, 3.05) is 6.61 Å². The first kappa shape index (κ1) is 16.1. The van der Waals surface area contributed by atoms with Gasteiger partial charge in [0, 0.05) is 15.6 Å². The molecule has 2 aromatic carbocycles. The first-order valence-electron chi connectivity index (χ1n) is 6.63. The number of rotatable bonds is 4. The Hall–Kier alpha value is -1.75. The smallest absolute Gasteiger partial charge is 0.228 e. The van der Waals surface area contributed by atoms with E-state index in [0.717, 1.165) is 0 Å². The first-order chi connectivity index (χ1) is 11.1. The van der Waals surface area contributed by atoms with Gasteiger partial charge in [-0.05, 0) is 30.3 Å². The van der Waals surface area contributed by atoms with Crippen molar-refractivity contribution in [2.45, 2.75) is 6.10 Å². The van der Waals surface area contributed by atoms with Gasteiger partial charge in [-0.15, -0.1) is 0 Å². The molecule has 1 unspecified atom stereocenters. The summed E-state index contributed by atoms with van der Waals surface area (Å²) in [7, 11) is 0. The summed E-state index contributed by atoms with van der Waals surface area (Å²) in [6.45, 7) is 0.0254. The highest BCUT2D eigenvalue weighted by atomic mass is 35.5. The van der Waals surface area contributed by atoms with Crippen LogP contribution in [0.15, 0.2) is 41.4 Å². The maximum Gasteiger partial charge on any atom is 0.228 e. The number of carbonyl (C=O) groups excluding carboxylic acids is 1. The third kappa shape index (κ3) is 3.61. The van der Waals surface area contributed by atoms with Crippen molar-refractivity contribution in [3.8, 4) is 5.75 Å². The summed E-state index contributed by atoms with van der Waals surface area (Å²) in [6, 6.07) is 9.96. The molecule has 4 nitrogen and oxygen atoms in total. The van der Waals surface area contributed by atoms with E-state index >= 15 is 0 Å². The van der Waals surface area contributed by atoms with E-state index in [1.54, 1.807) is 36.4 Å². The van der Waals surface area contributed by atoms with E-state index in [1.807, 2.05) is 0 Å². The van der Waals surface area contributed by atoms with E-state index in [-0.39, 0.29) is 12.5 Å². The molecule has 1 aliphatic rings. The lowest BCUT2D eigenvalue weighted by Gasteiger charge is -2.22. The van der Waals surface area contributed by atoms with E-state index in [1.165, 1.54) is 0 Å². The molecular formula is C16H10Cl3NO3. The van der Waals surface area contributed by atoms with Crippen LogP contribution < -0.4 is 4.74 Å². The van der Waals surface area contributed by atoms with Gasteiger partial charge in [0.1, 0.15) is 5.75 Å². The third-order valence-corrected chi connectivity index (χ3v) is 3.94. The minimum atomic E-state index is -0.737. The van der Waals surface area contributed by atoms with Gasteiger partial charge in [-0.2, -0.15) is 0 Å². The second kappa shape index (κ2) is 6.79. The Kier molecular flexibility index (Phi) is 4.76. The number of aliphatic imine (C=N–C) groups is 1. The van der Waals surface area contributed by atoms with Crippen molar-refractivity contribution in [2.24, 2.45) is 4.99 Å². The maximum absolute atomic E-state index is 11.2. The SMILES string of the molecule is O=CC1OC(COc2ccc(Cl)cc2Cl)=Nc2cc(Cl)ccc21. The van der Waals surface area contributed by atoms with Crippen LogP contribution in [0.4, 0.5) is 5.69 Å². The van der Waals surface area contributed by atoms with Crippen molar-refractivity contribution in [3.05, 3.63) is 57.0 Å². The molecule has 0 aliphatic carbocycles. The fourth-order valence-corrected chi connectivity index (χ4v) is 2.75. The highest BCUT2D eigenvalue weighted by Crippen LogP contribution is 2.34. The number of carbonyl (C=O) groups is 1. The number of hydrogen-bond donors (Lipinski definition) is 0. The predicted octanol–water partition coefficient (Wildman–Crippen LogP) is 5.03. The molecule has 1 atom stereocenters. The van der Waals surface area contributed by atoms with Crippen LogP contribution in [-0.4, -0.2) is 18.8 Å². The predicted molar refractivity (Wildman–Crippen MR) is 90.4 cm³/mol. The Morgan fingerprint density at radius 3 is 2.61 bits per heavy atom. The lowest BCUT2D eigenvalue weighted by Crippen LogP contribution is -2.22. The highest BCUT2D eigenvalue weighted by Gasteiger charge is 2.24. The van der Waals surface area contributed by atoms with Crippen LogP contribution in [0.1, 0.15) is 11.7 Å². The molecule has 0 spiro atoms. The zero-order valence-electron chi connectivity index (χ0n) is 11.6. The molecule has 0 saturated heterocycles. The molecule has 3 rings (SSSR count). The van der Waals surface area contributed by atoms with Crippen molar-refractivity contribution in [1.29, 1.82) is 0 Å². The third-order valence-electron chi connectivity index (χ3n) is 3.18. The molecule has 0 radical (unpaired) electrons. The quantitative estimate of drug-likeness (QED) is 0.709. The second-order valence-corrected chi connectivity index (χ2v) is 6.03. The van der Waals surface area contributed by atoms with E-state index in [2.05, 4.69) is 4.99 Å². The monoisotopic (exact) mass is 369 g/mol. The number of fused-ring (bicyclic) bond motifs is 1. The lowest BCUT2D eigenvalue weighted by atomic mass is 10.1. The molecule has 118 valence electrons. The summed E-state index contributed by atoms with van der Waals surface area (Å²) in [5.41, 5.74) is 1.25. The van der Waals surface area contributed by atoms with Crippen LogP contribution in [0, 0.1) is 0 Å². The average molecular weight is 371 g/mol. The molecule has 0 amide bonds. The number of nitrogens with zero attached hydrogens (tertiary/aromatic N) is 1. The topological polar surface area (TPSA) is 47.9 Å². The van der Waals surface area contributed by atoms with Gasteiger partial charge in [0.15, 0.2) is 19.0 Å². The Labute approximate surface area is 147 Å². The molecule has 1 aliphatic heterocycles. The van der Waals surface area contributed by atoms with Crippen molar-refractivity contribution in [1.82, 2.24) is 0 Å². The molecular weight excluding hydrogens is 361 g/mol. The molecule has 0 aromatic heterocycles. The minimum Gasteiger partial charge on any atom is -0.482 e. The zero-order chi connectivity index (χ0) is 16.4. The molecule has 1 heterocycles. The lowest BCUT2D eigenvalue weighted by molar-refractivity contribution is -0.114. The maximum atomic E-state index is 11.2. The van der Waals surface area contributed by atoms with Gasteiger partial charge in [-0.1, -0.05) is 40.9 Å². The van der Waals surface area contributed by atoms with Crippen molar-refractivity contribution >= 4 is 52.7 Å². The first-order valence-corrected chi connectivity index (χ1v) is 7.77. The average Bonchev–Trinajstić information content (AvgIpc) is 2.52. The summed E-state index contributed by atoms with van der Waals surface area (Å²) < 4.78 is 11.1. The van der Waals surface area contributed by atoms with Crippen LogP contribution in [0.3, 0.4) is 0 Å². The minimum absolute atomic E-state index is 0.0254. The van der Waals surface area contributed by atoms with Crippen molar-refractivity contribution in [3.63, 3.8) is 0 Å². The Morgan fingerprint density at radius 2 is 1.87 bits per heavy atom. The summed E-state index contributed by atoms with van der Waals surface area (Å²) in [6.07, 6.45) is -0.0319. The van der Waals surface area contributed by atoms with Gasteiger partial charge in [0.2, 0.25) is 5.90 Å².